The molecule has 0 saturated carbocycles. The zero-order chi connectivity index (χ0) is 24.6. The fraction of sp³-hybridized carbons (Fsp3) is 0.913. The average Bonchev–Trinajstić information content (AvgIpc) is 2.73. The van der Waals surface area contributed by atoms with Crippen LogP contribution < -0.4 is 0 Å². The second kappa shape index (κ2) is 16.9. The minimum Gasteiger partial charge on any atom is -0.382 e. The van der Waals surface area contributed by atoms with Crippen molar-refractivity contribution < 1.29 is 38.7 Å². The van der Waals surface area contributed by atoms with Gasteiger partial charge in [-0.15, -0.1) is 0 Å². The summed E-state index contributed by atoms with van der Waals surface area (Å²) >= 11 is 0. The number of hydrogen-bond donors (Lipinski definition) is 4. The van der Waals surface area contributed by atoms with E-state index >= 15 is 0 Å². The predicted molar refractivity (Wildman–Crippen MR) is 124 cm³/mol. The van der Waals surface area contributed by atoms with Crippen LogP contribution in [0.3, 0.4) is 0 Å². The first-order valence-electron chi connectivity index (χ1n) is 12.1. The maximum atomic E-state index is 12.3. The molecule has 190 valence electrons. The summed E-state index contributed by atoms with van der Waals surface area (Å²) in [4.78, 5) is 42.4. The molecule has 0 aliphatic rings. The van der Waals surface area contributed by atoms with Gasteiger partial charge in [-0.1, -0.05) is 97.8 Å². The standard InChI is InChI=1S/C23H45O8P/c1-4-5-6-7-8-9-10-11-12-13-14-15-16-17-20(24)22(26)23(27,21(25)19(2)3)18-31-32(28,29)30/h19,22,26-27H,4-18H2,1-3H3,(H2,28,29,30). The van der Waals surface area contributed by atoms with Crippen LogP contribution in [0.2, 0.25) is 0 Å². The minimum absolute atomic E-state index is 0.0253. The largest absolute Gasteiger partial charge is 0.469 e. The number of Topliss-reactive ketones (excluding diaryl/α,β-unsaturated/α-hetero) is 2. The molecule has 0 rings (SSSR count). The van der Waals surface area contributed by atoms with Gasteiger partial charge in [0.15, 0.2) is 23.3 Å². The maximum Gasteiger partial charge on any atom is 0.469 e. The molecule has 8 nitrogen and oxygen atoms in total. The topological polar surface area (TPSA) is 141 Å². The van der Waals surface area contributed by atoms with Crippen LogP contribution in [0.1, 0.15) is 111 Å². The van der Waals surface area contributed by atoms with Crippen LogP contribution in [0.15, 0.2) is 0 Å². The third kappa shape index (κ3) is 13.8. The number of phosphoric ester groups is 1. The van der Waals surface area contributed by atoms with Gasteiger partial charge in [0.2, 0.25) is 0 Å². The van der Waals surface area contributed by atoms with Crippen LogP contribution in [-0.4, -0.2) is 49.9 Å². The highest BCUT2D eigenvalue weighted by Crippen LogP contribution is 2.38. The molecule has 2 unspecified atom stereocenters. The Hall–Kier alpha value is -0.630. The smallest absolute Gasteiger partial charge is 0.382 e. The third-order valence-electron chi connectivity index (χ3n) is 5.69. The van der Waals surface area contributed by atoms with E-state index in [0.717, 1.165) is 25.7 Å². The van der Waals surface area contributed by atoms with Gasteiger partial charge in [0.1, 0.15) is 0 Å². The van der Waals surface area contributed by atoms with E-state index in [1.54, 1.807) is 0 Å². The van der Waals surface area contributed by atoms with Crippen LogP contribution in [0.4, 0.5) is 0 Å². The Morgan fingerprint density at radius 2 is 1.25 bits per heavy atom. The summed E-state index contributed by atoms with van der Waals surface area (Å²) in [5.41, 5.74) is -2.69. The molecule has 0 aromatic heterocycles. The lowest BCUT2D eigenvalue weighted by Crippen LogP contribution is -2.57. The molecule has 0 aliphatic carbocycles. The van der Waals surface area contributed by atoms with E-state index in [9.17, 15) is 24.4 Å². The molecule has 0 fully saturated rings. The van der Waals surface area contributed by atoms with Gasteiger partial charge in [-0.2, -0.15) is 0 Å². The molecule has 4 N–H and O–H groups in total. The number of carbonyl (C=O) groups excluding carboxylic acids is 2. The Kier molecular flexibility index (Phi) is 16.6. The van der Waals surface area contributed by atoms with Crippen molar-refractivity contribution in [2.45, 2.75) is 122 Å². The molecule has 0 heterocycles. The molecule has 32 heavy (non-hydrogen) atoms. The molecule has 9 heteroatoms. The molecule has 0 aliphatic heterocycles. The van der Waals surface area contributed by atoms with Crippen molar-refractivity contribution in [1.29, 1.82) is 0 Å². The van der Waals surface area contributed by atoms with E-state index in [2.05, 4.69) is 11.4 Å². The SMILES string of the molecule is CCCCCCCCCCCCCCCC(=O)C(O)C(O)(COP(=O)(O)O)C(=O)C(C)C. The Morgan fingerprint density at radius 3 is 1.62 bits per heavy atom. The van der Waals surface area contributed by atoms with E-state index in [1.165, 1.54) is 65.2 Å². The minimum atomic E-state index is -4.99. The molecule has 0 radical (unpaired) electrons. The highest BCUT2D eigenvalue weighted by Gasteiger charge is 2.48. The molecule has 0 bridgehead atoms. The van der Waals surface area contributed by atoms with E-state index in [0.29, 0.717) is 6.42 Å². The average molecular weight is 481 g/mol. The Bertz CT molecular complexity index is 574. The number of aliphatic hydroxyl groups excluding tert-OH is 1. The maximum absolute atomic E-state index is 12.3. The van der Waals surface area contributed by atoms with Crippen LogP contribution in [0, 0.1) is 5.92 Å². The number of hydrogen-bond acceptors (Lipinski definition) is 6. The molecular formula is C23H45O8P. The lowest BCUT2D eigenvalue weighted by Gasteiger charge is -2.31. The van der Waals surface area contributed by atoms with Gasteiger partial charge in [0, 0.05) is 12.3 Å². The molecule has 0 amide bonds. The van der Waals surface area contributed by atoms with Gasteiger partial charge in [-0.3, -0.25) is 14.1 Å². The summed E-state index contributed by atoms with van der Waals surface area (Å²) in [6.07, 6.45) is 12.7. The van der Waals surface area contributed by atoms with Gasteiger partial charge in [-0.25, -0.2) is 4.57 Å². The summed E-state index contributed by atoms with van der Waals surface area (Å²) in [5.74, 6) is -2.41. The van der Waals surface area contributed by atoms with Crippen molar-refractivity contribution in [2.24, 2.45) is 5.92 Å². The van der Waals surface area contributed by atoms with Crippen molar-refractivity contribution >= 4 is 19.4 Å². The number of unbranched alkanes of at least 4 members (excludes halogenated alkanes) is 12. The fourth-order valence-electron chi connectivity index (χ4n) is 3.69. The first kappa shape index (κ1) is 31.4. The monoisotopic (exact) mass is 480 g/mol. The highest BCUT2D eigenvalue weighted by molar-refractivity contribution is 7.46. The lowest BCUT2D eigenvalue weighted by atomic mass is 9.83. The Balaban J connectivity index is 4.20. The fourth-order valence-corrected chi connectivity index (χ4v) is 4.05. The van der Waals surface area contributed by atoms with Gasteiger partial charge < -0.3 is 20.0 Å². The van der Waals surface area contributed by atoms with Crippen LogP contribution >= 0.6 is 7.82 Å². The number of ketones is 2. The second-order valence-electron chi connectivity index (χ2n) is 9.07. The molecule has 0 saturated heterocycles. The van der Waals surface area contributed by atoms with Crippen molar-refractivity contribution in [2.75, 3.05) is 6.61 Å². The van der Waals surface area contributed by atoms with Crippen molar-refractivity contribution in [3.05, 3.63) is 0 Å². The van der Waals surface area contributed by atoms with Crippen LogP contribution in [-0.2, 0) is 18.7 Å². The van der Waals surface area contributed by atoms with Crippen molar-refractivity contribution in [1.82, 2.24) is 0 Å². The zero-order valence-corrected chi connectivity index (χ0v) is 21.0. The quantitative estimate of drug-likeness (QED) is 0.139. The summed E-state index contributed by atoms with van der Waals surface area (Å²) < 4.78 is 15.2. The molecule has 0 aromatic rings. The van der Waals surface area contributed by atoms with Gasteiger partial charge >= 0.3 is 7.82 Å². The number of aliphatic hydroxyl groups is 2. The van der Waals surface area contributed by atoms with Crippen LogP contribution in [0.25, 0.3) is 0 Å². The first-order valence-corrected chi connectivity index (χ1v) is 13.7. The molecule has 0 aromatic carbocycles. The predicted octanol–water partition coefficient (Wildman–Crippen LogP) is 4.46. The number of rotatable bonds is 21. The molecule has 2 atom stereocenters. The molecular weight excluding hydrogens is 435 g/mol. The van der Waals surface area contributed by atoms with E-state index in [-0.39, 0.29) is 6.42 Å². The third-order valence-corrected chi connectivity index (χ3v) is 6.15. The molecule has 0 spiro atoms. The van der Waals surface area contributed by atoms with Gasteiger partial charge in [-0.05, 0) is 6.42 Å². The van der Waals surface area contributed by atoms with Crippen molar-refractivity contribution in [3.63, 3.8) is 0 Å². The zero-order valence-electron chi connectivity index (χ0n) is 20.1. The number of phosphoric acid groups is 1. The van der Waals surface area contributed by atoms with E-state index in [4.69, 9.17) is 9.79 Å². The van der Waals surface area contributed by atoms with E-state index < -0.39 is 43.6 Å². The Labute approximate surface area is 193 Å². The summed E-state index contributed by atoms with van der Waals surface area (Å²) in [5, 5.41) is 20.9. The van der Waals surface area contributed by atoms with Crippen LogP contribution in [0.5, 0.6) is 0 Å². The summed E-state index contributed by atoms with van der Waals surface area (Å²) in [7, 11) is -4.99. The first-order chi connectivity index (χ1) is 15.0. The summed E-state index contributed by atoms with van der Waals surface area (Å²) in [6.45, 7) is 3.97. The van der Waals surface area contributed by atoms with Crippen molar-refractivity contribution in [3.8, 4) is 0 Å². The van der Waals surface area contributed by atoms with E-state index in [1.807, 2.05) is 0 Å². The summed E-state index contributed by atoms with van der Waals surface area (Å²) in [6, 6.07) is 0. The van der Waals surface area contributed by atoms with Gasteiger partial charge in [0.05, 0.1) is 6.61 Å². The Morgan fingerprint density at radius 1 is 0.844 bits per heavy atom. The normalized spacial score (nSPS) is 15.0. The number of carbonyl (C=O) groups is 2. The van der Waals surface area contributed by atoms with Gasteiger partial charge in [0.25, 0.3) is 0 Å². The second-order valence-corrected chi connectivity index (χ2v) is 10.3. The highest BCUT2D eigenvalue weighted by atomic mass is 31.2. The lowest BCUT2D eigenvalue weighted by molar-refractivity contribution is -0.167.